The van der Waals surface area contributed by atoms with E-state index in [4.69, 9.17) is 10.5 Å². The van der Waals surface area contributed by atoms with Gasteiger partial charge in [-0.05, 0) is 44.5 Å². The minimum Gasteiger partial charge on any atom is -0.507 e. The number of benzene rings is 1. The van der Waals surface area contributed by atoms with Crippen LogP contribution in [0.15, 0.2) is 18.2 Å². The molecule has 5 heteroatoms. The van der Waals surface area contributed by atoms with Crippen molar-refractivity contribution in [2.45, 2.75) is 25.7 Å². The van der Waals surface area contributed by atoms with Gasteiger partial charge in [0.15, 0.2) is 0 Å². The lowest BCUT2D eigenvalue weighted by molar-refractivity contribution is 0.0482. The number of hydrogen-bond acceptors (Lipinski definition) is 5. The van der Waals surface area contributed by atoms with E-state index in [9.17, 15) is 9.90 Å². The summed E-state index contributed by atoms with van der Waals surface area (Å²) in [4.78, 5) is 14.2. The van der Waals surface area contributed by atoms with Crippen molar-refractivity contribution in [2.75, 3.05) is 32.0 Å². The maximum absolute atomic E-state index is 11.8. The fourth-order valence-electron chi connectivity index (χ4n) is 2.44. The van der Waals surface area contributed by atoms with Crippen LogP contribution in [0.4, 0.5) is 5.69 Å². The van der Waals surface area contributed by atoms with Crippen molar-refractivity contribution in [1.82, 2.24) is 4.90 Å². The molecule has 1 aliphatic rings. The summed E-state index contributed by atoms with van der Waals surface area (Å²) in [5, 5.41) is 9.63. The number of ether oxygens (including phenoxy) is 1. The SMILES string of the molecule is Nc1ccc(C(=O)OCCCN2CCCCC2)c(O)c1. The molecule has 1 heterocycles. The van der Waals surface area contributed by atoms with Crippen LogP contribution in [0, 0.1) is 0 Å². The predicted molar refractivity (Wildman–Crippen MR) is 77.7 cm³/mol. The van der Waals surface area contributed by atoms with Crippen LogP contribution >= 0.6 is 0 Å². The van der Waals surface area contributed by atoms with Crippen molar-refractivity contribution in [3.63, 3.8) is 0 Å². The van der Waals surface area contributed by atoms with Crippen LogP contribution in [-0.2, 0) is 4.74 Å². The lowest BCUT2D eigenvalue weighted by Crippen LogP contribution is -2.31. The molecule has 1 aromatic carbocycles. The Balaban J connectivity index is 1.72. The average Bonchev–Trinajstić information content (AvgIpc) is 2.44. The predicted octanol–water partition coefficient (Wildman–Crippen LogP) is 2.01. The molecule has 1 saturated heterocycles. The van der Waals surface area contributed by atoms with E-state index in [1.807, 2.05) is 0 Å². The number of rotatable bonds is 5. The summed E-state index contributed by atoms with van der Waals surface area (Å²) in [5.41, 5.74) is 6.10. The maximum Gasteiger partial charge on any atom is 0.341 e. The standard InChI is InChI=1S/C15H22N2O3/c16-12-5-6-13(14(18)11-12)15(19)20-10-4-9-17-7-2-1-3-8-17/h5-6,11,18H,1-4,7-10,16H2. The molecule has 0 radical (unpaired) electrons. The smallest absolute Gasteiger partial charge is 0.341 e. The van der Waals surface area contributed by atoms with E-state index in [1.54, 1.807) is 6.07 Å². The van der Waals surface area contributed by atoms with Gasteiger partial charge in [0.2, 0.25) is 0 Å². The first kappa shape index (κ1) is 14.7. The highest BCUT2D eigenvalue weighted by atomic mass is 16.5. The summed E-state index contributed by atoms with van der Waals surface area (Å²) in [7, 11) is 0. The minimum atomic E-state index is -0.499. The topological polar surface area (TPSA) is 75.8 Å². The molecule has 3 N–H and O–H groups in total. The highest BCUT2D eigenvalue weighted by molar-refractivity contribution is 5.92. The Morgan fingerprint density at radius 1 is 1.30 bits per heavy atom. The first-order valence-corrected chi connectivity index (χ1v) is 7.15. The molecule has 1 aromatic rings. The molecule has 0 spiro atoms. The van der Waals surface area contributed by atoms with Gasteiger partial charge in [0.1, 0.15) is 11.3 Å². The number of carbonyl (C=O) groups excluding carboxylic acids is 1. The molecule has 0 atom stereocenters. The molecule has 2 rings (SSSR count). The minimum absolute atomic E-state index is 0.133. The molecule has 0 bridgehead atoms. The third kappa shape index (κ3) is 4.13. The molecular formula is C15H22N2O3. The molecule has 1 aliphatic heterocycles. The second kappa shape index (κ2) is 7.14. The lowest BCUT2D eigenvalue weighted by Gasteiger charge is -2.26. The van der Waals surface area contributed by atoms with E-state index >= 15 is 0 Å². The lowest BCUT2D eigenvalue weighted by atomic mass is 10.1. The molecule has 1 fully saturated rings. The number of nitrogen functional groups attached to an aromatic ring is 1. The molecule has 0 amide bonds. The number of hydrogen-bond donors (Lipinski definition) is 2. The molecule has 0 aromatic heterocycles. The van der Waals surface area contributed by atoms with Crippen LogP contribution in [0.5, 0.6) is 5.75 Å². The zero-order valence-corrected chi connectivity index (χ0v) is 11.7. The van der Waals surface area contributed by atoms with Crippen LogP contribution in [0.25, 0.3) is 0 Å². The third-order valence-corrected chi connectivity index (χ3v) is 3.54. The largest absolute Gasteiger partial charge is 0.507 e. The van der Waals surface area contributed by atoms with E-state index in [-0.39, 0.29) is 11.3 Å². The number of carbonyl (C=O) groups is 1. The number of anilines is 1. The molecule has 110 valence electrons. The number of nitrogens with zero attached hydrogens (tertiary/aromatic N) is 1. The summed E-state index contributed by atoms with van der Waals surface area (Å²) < 4.78 is 5.17. The normalized spacial score (nSPS) is 16.0. The summed E-state index contributed by atoms with van der Waals surface area (Å²) in [6, 6.07) is 4.41. The molecule has 20 heavy (non-hydrogen) atoms. The summed E-state index contributed by atoms with van der Waals surface area (Å²) in [6.45, 7) is 3.62. The van der Waals surface area contributed by atoms with E-state index in [2.05, 4.69) is 4.90 Å². The molecule has 0 aliphatic carbocycles. The van der Waals surface area contributed by atoms with Crippen LogP contribution in [0.1, 0.15) is 36.0 Å². The van der Waals surface area contributed by atoms with E-state index < -0.39 is 5.97 Å². The van der Waals surface area contributed by atoms with Gasteiger partial charge in [-0.1, -0.05) is 6.42 Å². The second-order valence-electron chi connectivity index (χ2n) is 5.17. The summed E-state index contributed by atoms with van der Waals surface area (Å²) >= 11 is 0. The molecule has 0 unspecified atom stereocenters. The van der Waals surface area contributed by atoms with E-state index in [1.165, 1.54) is 31.4 Å². The fourth-order valence-corrected chi connectivity index (χ4v) is 2.44. The monoisotopic (exact) mass is 278 g/mol. The second-order valence-corrected chi connectivity index (χ2v) is 5.17. The Bertz CT molecular complexity index is 456. The Labute approximate surface area is 119 Å². The highest BCUT2D eigenvalue weighted by Crippen LogP contribution is 2.20. The quantitative estimate of drug-likeness (QED) is 0.489. The van der Waals surface area contributed by atoms with Crippen LogP contribution in [-0.4, -0.2) is 42.2 Å². The zero-order chi connectivity index (χ0) is 14.4. The first-order valence-electron chi connectivity index (χ1n) is 7.15. The average molecular weight is 278 g/mol. The van der Waals surface area contributed by atoms with Crippen molar-refractivity contribution in [2.24, 2.45) is 0 Å². The fraction of sp³-hybridized carbons (Fsp3) is 0.533. The van der Waals surface area contributed by atoms with Gasteiger partial charge in [-0.2, -0.15) is 0 Å². The van der Waals surface area contributed by atoms with Crippen LogP contribution < -0.4 is 5.73 Å². The number of piperidine rings is 1. The van der Waals surface area contributed by atoms with Gasteiger partial charge >= 0.3 is 5.97 Å². The van der Waals surface area contributed by atoms with Crippen LogP contribution in [0.2, 0.25) is 0 Å². The summed E-state index contributed by atoms with van der Waals surface area (Å²) in [6.07, 6.45) is 4.67. The van der Waals surface area contributed by atoms with Gasteiger partial charge < -0.3 is 20.5 Å². The van der Waals surface area contributed by atoms with Crippen molar-refractivity contribution in [1.29, 1.82) is 0 Å². The number of phenols is 1. The molecule has 0 saturated carbocycles. The Kier molecular flexibility index (Phi) is 5.24. The Morgan fingerprint density at radius 2 is 2.05 bits per heavy atom. The molecular weight excluding hydrogens is 256 g/mol. The van der Waals surface area contributed by atoms with Gasteiger partial charge in [0.25, 0.3) is 0 Å². The summed E-state index contributed by atoms with van der Waals surface area (Å²) in [5.74, 6) is -0.632. The Morgan fingerprint density at radius 3 is 2.75 bits per heavy atom. The van der Waals surface area contributed by atoms with Gasteiger partial charge in [-0.3, -0.25) is 0 Å². The van der Waals surface area contributed by atoms with Gasteiger partial charge in [-0.15, -0.1) is 0 Å². The maximum atomic E-state index is 11.8. The number of esters is 1. The van der Waals surface area contributed by atoms with Crippen molar-refractivity contribution >= 4 is 11.7 Å². The zero-order valence-electron chi connectivity index (χ0n) is 11.7. The van der Waals surface area contributed by atoms with Crippen molar-refractivity contribution in [3.8, 4) is 5.75 Å². The number of likely N-dealkylation sites (tertiary alicyclic amines) is 1. The van der Waals surface area contributed by atoms with Gasteiger partial charge in [0, 0.05) is 18.3 Å². The molecule has 5 nitrogen and oxygen atoms in total. The Hall–Kier alpha value is -1.75. The third-order valence-electron chi connectivity index (χ3n) is 3.54. The first-order chi connectivity index (χ1) is 9.66. The van der Waals surface area contributed by atoms with Gasteiger partial charge in [-0.25, -0.2) is 4.79 Å². The van der Waals surface area contributed by atoms with Gasteiger partial charge in [0.05, 0.1) is 6.61 Å². The number of aromatic hydroxyl groups is 1. The number of nitrogens with two attached hydrogens (primary N) is 1. The van der Waals surface area contributed by atoms with E-state index in [0.717, 1.165) is 26.1 Å². The van der Waals surface area contributed by atoms with E-state index in [0.29, 0.717) is 12.3 Å². The number of phenolic OH excluding ortho intramolecular Hbond substituents is 1. The highest BCUT2D eigenvalue weighted by Gasteiger charge is 2.13. The van der Waals surface area contributed by atoms with Crippen LogP contribution in [0.3, 0.4) is 0 Å². The van der Waals surface area contributed by atoms with Crippen molar-refractivity contribution in [3.05, 3.63) is 23.8 Å². The van der Waals surface area contributed by atoms with Crippen molar-refractivity contribution < 1.29 is 14.6 Å².